The first-order valence-corrected chi connectivity index (χ1v) is 8.69. The number of methoxy groups -OCH3 is 1. The van der Waals surface area contributed by atoms with E-state index < -0.39 is 30.0 Å². The Morgan fingerprint density at radius 3 is 2.27 bits per heavy atom. The number of rotatable bonds is 4. The summed E-state index contributed by atoms with van der Waals surface area (Å²) in [5.41, 5.74) is -0.0690. The normalized spacial score (nSPS) is 18.5. The number of pyridine rings is 1. The van der Waals surface area contributed by atoms with Gasteiger partial charge in [0.25, 0.3) is 0 Å². The average molecular weight is 364 g/mol. The van der Waals surface area contributed by atoms with E-state index >= 15 is 0 Å². The molecule has 1 N–H and O–H groups in total. The number of carbonyl (C=O) groups is 1. The lowest BCUT2D eigenvalue weighted by Crippen LogP contribution is -2.41. The van der Waals surface area contributed by atoms with Crippen molar-refractivity contribution in [1.29, 1.82) is 0 Å². The molecule has 1 aliphatic rings. The van der Waals surface area contributed by atoms with Gasteiger partial charge >= 0.3 is 13.2 Å². The van der Waals surface area contributed by atoms with Crippen LogP contribution in [0.3, 0.4) is 0 Å². The van der Waals surface area contributed by atoms with Crippen molar-refractivity contribution in [2.45, 2.75) is 71.8 Å². The van der Waals surface area contributed by atoms with Crippen molar-refractivity contribution >= 4 is 18.7 Å². The Hall–Kier alpha value is -1.80. The largest absolute Gasteiger partial charge is 0.499 e. The highest BCUT2D eigenvalue weighted by Gasteiger charge is 2.53. The van der Waals surface area contributed by atoms with Crippen LogP contribution in [0.1, 0.15) is 54.0 Å². The topological polar surface area (TPSA) is 78.9 Å². The van der Waals surface area contributed by atoms with Crippen molar-refractivity contribution in [1.82, 2.24) is 10.3 Å². The van der Waals surface area contributed by atoms with Crippen LogP contribution in [0.4, 0.5) is 4.79 Å². The van der Waals surface area contributed by atoms with Gasteiger partial charge < -0.3 is 24.1 Å². The molecule has 2 heterocycles. The van der Waals surface area contributed by atoms with Crippen LogP contribution in [-0.2, 0) is 20.6 Å². The van der Waals surface area contributed by atoms with Crippen molar-refractivity contribution in [3.8, 4) is 5.75 Å². The molecular formula is C18H29BN2O5. The van der Waals surface area contributed by atoms with Crippen molar-refractivity contribution < 1.29 is 23.6 Å². The van der Waals surface area contributed by atoms with Crippen LogP contribution in [0.25, 0.3) is 0 Å². The SMILES string of the molecule is COc1cncc(CNC(=O)OC(C)(C)C)c1B1OC(C)(C)C(C)(C)O1. The van der Waals surface area contributed by atoms with E-state index in [0.717, 1.165) is 11.0 Å². The van der Waals surface area contributed by atoms with E-state index in [1.807, 2.05) is 48.5 Å². The summed E-state index contributed by atoms with van der Waals surface area (Å²) in [5, 5.41) is 2.74. The minimum Gasteiger partial charge on any atom is -0.495 e. The molecule has 144 valence electrons. The Morgan fingerprint density at radius 1 is 1.19 bits per heavy atom. The van der Waals surface area contributed by atoms with E-state index in [9.17, 15) is 4.79 Å². The number of aromatic nitrogens is 1. The van der Waals surface area contributed by atoms with Gasteiger partial charge in [0.1, 0.15) is 11.4 Å². The number of carbonyl (C=O) groups excluding carboxylic acids is 1. The van der Waals surface area contributed by atoms with Gasteiger partial charge in [-0.1, -0.05) is 0 Å². The Balaban J connectivity index is 2.25. The molecule has 0 atom stereocenters. The first-order chi connectivity index (χ1) is 11.9. The van der Waals surface area contributed by atoms with Crippen LogP contribution in [0.15, 0.2) is 12.4 Å². The summed E-state index contributed by atoms with van der Waals surface area (Å²) in [4.78, 5) is 16.2. The van der Waals surface area contributed by atoms with E-state index in [1.165, 1.54) is 0 Å². The molecule has 1 amide bonds. The fraction of sp³-hybridized carbons (Fsp3) is 0.667. The van der Waals surface area contributed by atoms with E-state index in [1.54, 1.807) is 19.5 Å². The Morgan fingerprint density at radius 2 is 1.77 bits per heavy atom. The molecule has 8 heteroatoms. The lowest BCUT2D eigenvalue weighted by Gasteiger charge is -2.32. The second-order valence-electron chi connectivity index (χ2n) is 8.36. The summed E-state index contributed by atoms with van der Waals surface area (Å²) in [6.45, 7) is 13.6. The molecule has 1 aliphatic heterocycles. The molecule has 1 aromatic heterocycles. The molecule has 1 saturated heterocycles. The van der Waals surface area contributed by atoms with Gasteiger partial charge in [-0.2, -0.15) is 0 Å². The van der Waals surface area contributed by atoms with Crippen molar-refractivity contribution in [3.63, 3.8) is 0 Å². The molecule has 1 aromatic rings. The molecule has 0 aromatic carbocycles. The molecule has 0 spiro atoms. The number of hydrogen-bond donors (Lipinski definition) is 1. The molecule has 0 aliphatic carbocycles. The number of ether oxygens (including phenoxy) is 2. The number of nitrogens with zero attached hydrogens (tertiary/aromatic N) is 1. The first-order valence-electron chi connectivity index (χ1n) is 8.69. The van der Waals surface area contributed by atoms with Gasteiger partial charge in [0.05, 0.1) is 24.5 Å². The maximum Gasteiger partial charge on any atom is 0.499 e. The fourth-order valence-electron chi connectivity index (χ4n) is 2.51. The van der Waals surface area contributed by atoms with E-state index in [4.69, 9.17) is 18.8 Å². The molecule has 2 rings (SSSR count). The number of hydrogen-bond acceptors (Lipinski definition) is 6. The average Bonchev–Trinajstić information content (AvgIpc) is 2.70. The molecule has 0 radical (unpaired) electrons. The zero-order chi connectivity index (χ0) is 19.8. The summed E-state index contributed by atoms with van der Waals surface area (Å²) in [6, 6.07) is 0. The van der Waals surface area contributed by atoms with Crippen molar-refractivity contribution in [2.75, 3.05) is 7.11 Å². The standard InChI is InChI=1S/C18H29BN2O5/c1-16(2,3)24-15(22)21-10-12-9-20-11-13(23-8)14(12)19-25-17(4,5)18(6,7)26-19/h9,11H,10H2,1-8H3,(H,21,22). The predicted octanol–water partition coefficient (Wildman–Crippen LogP) is 2.41. The van der Waals surface area contributed by atoms with E-state index in [0.29, 0.717) is 5.75 Å². The summed E-state index contributed by atoms with van der Waals surface area (Å²) in [7, 11) is 0.949. The van der Waals surface area contributed by atoms with Gasteiger partial charge in [-0.3, -0.25) is 4.98 Å². The summed E-state index contributed by atoms with van der Waals surface area (Å²) in [5.74, 6) is 0.548. The van der Waals surface area contributed by atoms with Gasteiger partial charge in [0, 0.05) is 18.2 Å². The highest BCUT2D eigenvalue weighted by Crippen LogP contribution is 2.37. The van der Waals surface area contributed by atoms with Gasteiger partial charge in [0.15, 0.2) is 0 Å². The zero-order valence-corrected chi connectivity index (χ0v) is 16.9. The van der Waals surface area contributed by atoms with E-state index in [2.05, 4.69) is 10.3 Å². The van der Waals surface area contributed by atoms with Crippen LogP contribution in [0, 0.1) is 0 Å². The Bertz CT molecular complexity index is 654. The van der Waals surface area contributed by atoms with Gasteiger partial charge in [-0.05, 0) is 54.0 Å². The third-order valence-corrected chi connectivity index (χ3v) is 4.56. The van der Waals surface area contributed by atoms with Gasteiger partial charge in [-0.25, -0.2) is 4.79 Å². The van der Waals surface area contributed by atoms with Crippen LogP contribution in [0.5, 0.6) is 5.75 Å². The monoisotopic (exact) mass is 364 g/mol. The molecule has 7 nitrogen and oxygen atoms in total. The van der Waals surface area contributed by atoms with Crippen molar-refractivity contribution in [2.24, 2.45) is 0 Å². The second kappa shape index (κ2) is 7.08. The number of alkyl carbamates (subject to hydrolysis) is 1. The van der Waals surface area contributed by atoms with Crippen LogP contribution < -0.4 is 15.5 Å². The van der Waals surface area contributed by atoms with Crippen molar-refractivity contribution in [3.05, 3.63) is 18.0 Å². The number of amides is 1. The first kappa shape index (κ1) is 20.5. The maximum atomic E-state index is 12.0. The van der Waals surface area contributed by atoms with E-state index in [-0.39, 0.29) is 6.54 Å². The molecule has 0 unspecified atom stereocenters. The smallest absolute Gasteiger partial charge is 0.495 e. The third kappa shape index (κ3) is 4.48. The summed E-state index contributed by atoms with van der Waals surface area (Å²) in [6.07, 6.45) is 2.78. The van der Waals surface area contributed by atoms with Gasteiger partial charge in [0.2, 0.25) is 0 Å². The Labute approximate surface area is 155 Å². The minimum absolute atomic E-state index is 0.221. The van der Waals surface area contributed by atoms with Gasteiger partial charge in [-0.15, -0.1) is 0 Å². The molecule has 26 heavy (non-hydrogen) atoms. The van der Waals surface area contributed by atoms with Crippen LogP contribution in [0.2, 0.25) is 0 Å². The minimum atomic E-state index is -0.617. The Kier molecular flexibility index (Phi) is 5.59. The maximum absolute atomic E-state index is 12.0. The summed E-state index contributed by atoms with van der Waals surface area (Å²) >= 11 is 0. The molecular weight excluding hydrogens is 335 g/mol. The lowest BCUT2D eigenvalue weighted by atomic mass is 9.76. The predicted molar refractivity (Wildman–Crippen MR) is 99.6 cm³/mol. The quantitative estimate of drug-likeness (QED) is 0.827. The highest BCUT2D eigenvalue weighted by molar-refractivity contribution is 6.63. The third-order valence-electron chi connectivity index (χ3n) is 4.56. The highest BCUT2D eigenvalue weighted by atomic mass is 16.7. The molecule has 0 bridgehead atoms. The second-order valence-corrected chi connectivity index (χ2v) is 8.36. The van der Waals surface area contributed by atoms with Crippen LogP contribution >= 0.6 is 0 Å². The summed E-state index contributed by atoms with van der Waals surface area (Å²) < 4.78 is 23.0. The molecule has 1 fully saturated rings. The number of nitrogens with one attached hydrogen (secondary N) is 1. The lowest BCUT2D eigenvalue weighted by molar-refractivity contribution is 0.00578. The molecule has 0 saturated carbocycles. The van der Waals surface area contributed by atoms with Crippen LogP contribution in [-0.4, -0.2) is 42.1 Å². The zero-order valence-electron chi connectivity index (χ0n) is 16.9. The fourth-order valence-corrected chi connectivity index (χ4v) is 2.51.